The van der Waals surface area contributed by atoms with Gasteiger partial charge in [0.05, 0.1) is 25.1 Å². The van der Waals surface area contributed by atoms with E-state index in [9.17, 15) is 5.11 Å². The lowest BCUT2D eigenvalue weighted by Gasteiger charge is -2.36. The van der Waals surface area contributed by atoms with E-state index in [1.807, 2.05) is 0 Å². The third-order valence-corrected chi connectivity index (χ3v) is 4.00. The molecule has 0 saturated carbocycles. The minimum atomic E-state index is 0.0260. The third kappa shape index (κ3) is 3.12. The van der Waals surface area contributed by atoms with Gasteiger partial charge in [-0.3, -0.25) is 0 Å². The number of hydrogen-bond acceptors (Lipinski definition) is 4. The van der Waals surface area contributed by atoms with Gasteiger partial charge < -0.3 is 15.6 Å². The highest BCUT2D eigenvalue weighted by molar-refractivity contribution is 8.00. The Balaban J connectivity index is 2.43. The van der Waals surface area contributed by atoms with Crippen molar-refractivity contribution < 1.29 is 9.84 Å². The summed E-state index contributed by atoms with van der Waals surface area (Å²) in [5, 5.41) is 9.94. The fourth-order valence-corrected chi connectivity index (χ4v) is 2.85. The topological polar surface area (TPSA) is 55.5 Å². The molecule has 3 nitrogen and oxygen atoms in total. The fraction of sp³-hybridized carbons (Fsp3) is 1.00. The minimum Gasteiger partial charge on any atom is -0.395 e. The lowest BCUT2D eigenvalue weighted by atomic mass is 9.85. The van der Waals surface area contributed by atoms with Crippen LogP contribution in [0.2, 0.25) is 0 Å². The standard InChI is InChI=1S/C10H21NO2S/c1-10(2,3)9(11)8(4-12)14-7-5-13-6-7/h7-9,12H,4-6,11H2,1-3H3. The van der Waals surface area contributed by atoms with Gasteiger partial charge in [0.15, 0.2) is 0 Å². The zero-order chi connectivity index (χ0) is 10.8. The number of rotatable bonds is 4. The molecule has 1 heterocycles. The lowest BCUT2D eigenvalue weighted by molar-refractivity contribution is 0.0448. The highest BCUT2D eigenvalue weighted by Gasteiger charge is 2.32. The van der Waals surface area contributed by atoms with E-state index < -0.39 is 0 Å². The number of ether oxygens (including phenoxy) is 1. The number of aliphatic hydroxyl groups excluding tert-OH is 1. The van der Waals surface area contributed by atoms with Gasteiger partial charge in [0, 0.05) is 11.3 Å². The van der Waals surface area contributed by atoms with Crippen LogP contribution in [0.1, 0.15) is 20.8 Å². The van der Waals surface area contributed by atoms with Crippen molar-refractivity contribution in [1.82, 2.24) is 0 Å². The smallest absolute Gasteiger partial charge is 0.0608 e. The molecule has 1 fully saturated rings. The first-order valence-electron chi connectivity index (χ1n) is 5.05. The van der Waals surface area contributed by atoms with E-state index in [4.69, 9.17) is 10.5 Å². The van der Waals surface area contributed by atoms with Gasteiger partial charge >= 0.3 is 0 Å². The van der Waals surface area contributed by atoms with Gasteiger partial charge in [0.1, 0.15) is 0 Å². The summed E-state index contributed by atoms with van der Waals surface area (Å²) >= 11 is 1.77. The molecule has 0 aromatic carbocycles. The summed E-state index contributed by atoms with van der Waals surface area (Å²) in [6, 6.07) is 0.0260. The lowest BCUT2D eigenvalue weighted by Crippen LogP contribution is -2.47. The second kappa shape index (κ2) is 4.84. The number of aliphatic hydroxyl groups is 1. The summed E-state index contributed by atoms with van der Waals surface area (Å²) in [5.41, 5.74) is 6.16. The van der Waals surface area contributed by atoms with Crippen LogP contribution in [0.4, 0.5) is 0 Å². The van der Waals surface area contributed by atoms with Gasteiger partial charge in [-0.25, -0.2) is 0 Å². The molecule has 3 N–H and O–H groups in total. The van der Waals surface area contributed by atoms with Gasteiger partial charge in [-0.1, -0.05) is 20.8 Å². The monoisotopic (exact) mass is 219 g/mol. The molecule has 0 spiro atoms. The predicted octanol–water partition coefficient (Wildman–Crippen LogP) is 0.853. The Bertz CT molecular complexity index is 177. The zero-order valence-corrected chi connectivity index (χ0v) is 10.0. The van der Waals surface area contributed by atoms with E-state index in [-0.39, 0.29) is 23.3 Å². The van der Waals surface area contributed by atoms with Crippen molar-refractivity contribution in [2.45, 2.75) is 37.3 Å². The maximum Gasteiger partial charge on any atom is 0.0608 e. The summed E-state index contributed by atoms with van der Waals surface area (Å²) in [4.78, 5) is 0. The van der Waals surface area contributed by atoms with Gasteiger partial charge in [-0.2, -0.15) is 0 Å². The van der Waals surface area contributed by atoms with Crippen LogP contribution >= 0.6 is 11.8 Å². The van der Waals surface area contributed by atoms with E-state index in [0.29, 0.717) is 5.25 Å². The quantitative estimate of drug-likeness (QED) is 0.736. The second-order valence-corrected chi connectivity index (χ2v) is 6.45. The highest BCUT2D eigenvalue weighted by atomic mass is 32.2. The van der Waals surface area contributed by atoms with E-state index in [1.54, 1.807) is 11.8 Å². The predicted molar refractivity (Wildman–Crippen MR) is 60.5 cm³/mol. The maximum absolute atomic E-state index is 9.29. The van der Waals surface area contributed by atoms with Crippen LogP contribution in [0.25, 0.3) is 0 Å². The van der Waals surface area contributed by atoms with Gasteiger partial charge in [-0.15, -0.1) is 11.8 Å². The van der Waals surface area contributed by atoms with Crippen LogP contribution in [0.15, 0.2) is 0 Å². The van der Waals surface area contributed by atoms with E-state index >= 15 is 0 Å². The molecule has 1 aliphatic heterocycles. The molecular formula is C10H21NO2S. The molecule has 2 atom stereocenters. The first kappa shape index (κ1) is 12.3. The molecule has 1 saturated heterocycles. The van der Waals surface area contributed by atoms with Crippen LogP contribution in [0, 0.1) is 5.41 Å². The maximum atomic E-state index is 9.29. The van der Waals surface area contributed by atoms with E-state index in [0.717, 1.165) is 13.2 Å². The Morgan fingerprint density at radius 2 is 2.07 bits per heavy atom. The third-order valence-electron chi connectivity index (χ3n) is 2.56. The molecule has 0 amide bonds. The molecular weight excluding hydrogens is 198 g/mol. The molecule has 14 heavy (non-hydrogen) atoms. The molecule has 1 aliphatic rings. The summed E-state index contributed by atoms with van der Waals surface area (Å²) in [6.07, 6.45) is 0. The molecule has 84 valence electrons. The Hall–Kier alpha value is 0.230. The van der Waals surface area contributed by atoms with E-state index in [2.05, 4.69) is 20.8 Å². The molecule has 0 aromatic rings. The van der Waals surface area contributed by atoms with E-state index in [1.165, 1.54) is 0 Å². The minimum absolute atomic E-state index is 0.0260. The Labute approximate surface area is 90.4 Å². The van der Waals surface area contributed by atoms with Crippen LogP contribution in [0.5, 0.6) is 0 Å². The second-order valence-electron chi connectivity index (χ2n) is 4.91. The SMILES string of the molecule is CC(C)(C)C(N)C(CO)SC1COC1. The number of hydrogen-bond donors (Lipinski definition) is 2. The molecule has 0 radical (unpaired) electrons. The van der Waals surface area contributed by atoms with Crippen molar-refractivity contribution in [3.8, 4) is 0 Å². The van der Waals surface area contributed by atoms with Gasteiger partial charge in [0.25, 0.3) is 0 Å². The van der Waals surface area contributed by atoms with Crippen molar-refractivity contribution in [3.05, 3.63) is 0 Å². The molecule has 0 bridgehead atoms. The van der Waals surface area contributed by atoms with Crippen molar-refractivity contribution >= 4 is 11.8 Å². The van der Waals surface area contributed by atoms with Crippen LogP contribution in [-0.4, -0.2) is 41.5 Å². The number of nitrogens with two attached hydrogens (primary N) is 1. The molecule has 2 unspecified atom stereocenters. The molecule has 0 aliphatic carbocycles. The van der Waals surface area contributed by atoms with Crippen LogP contribution in [0.3, 0.4) is 0 Å². The fourth-order valence-electron chi connectivity index (χ4n) is 1.34. The van der Waals surface area contributed by atoms with Crippen molar-refractivity contribution in [2.75, 3.05) is 19.8 Å². The largest absolute Gasteiger partial charge is 0.395 e. The Morgan fingerprint density at radius 1 is 1.50 bits per heavy atom. The summed E-state index contributed by atoms with van der Waals surface area (Å²) < 4.78 is 5.10. The van der Waals surface area contributed by atoms with Crippen molar-refractivity contribution in [3.63, 3.8) is 0 Å². The highest BCUT2D eigenvalue weighted by Crippen LogP contribution is 2.31. The average Bonchev–Trinajstić information content (AvgIpc) is 2.00. The molecule has 4 heteroatoms. The zero-order valence-electron chi connectivity index (χ0n) is 9.19. The van der Waals surface area contributed by atoms with Gasteiger partial charge in [-0.05, 0) is 5.41 Å². The summed E-state index contributed by atoms with van der Waals surface area (Å²) in [5.74, 6) is 0. The Kier molecular flexibility index (Phi) is 4.25. The molecule has 0 aromatic heterocycles. The van der Waals surface area contributed by atoms with Crippen LogP contribution in [-0.2, 0) is 4.74 Å². The van der Waals surface area contributed by atoms with Crippen LogP contribution < -0.4 is 5.73 Å². The first-order valence-corrected chi connectivity index (χ1v) is 5.99. The van der Waals surface area contributed by atoms with Gasteiger partial charge in [0.2, 0.25) is 0 Å². The summed E-state index contributed by atoms with van der Waals surface area (Å²) in [7, 11) is 0. The average molecular weight is 219 g/mol. The number of thioether (sulfide) groups is 1. The summed E-state index contributed by atoms with van der Waals surface area (Å²) in [6.45, 7) is 8.09. The normalized spacial score (nSPS) is 22.9. The first-order chi connectivity index (χ1) is 6.45. The van der Waals surface area contributed by atoms with Crippen molar-refractivity contribution in [2.24, 2.45) is 11.1 Å². The Morgan fingerprint density at radius 3 is 2.36 bits per heavy atom. The van der Waals surface area contributed by atoms with Crippen molar-refractivity contribution in [1.29, 1.82) is 0 Å². The molecule has 1 rings (SSSR count).